The summed E-state index contributed by atoms with van der Waals surface area (Å²) in [5.74, 6) is 0.248. The van der Waals surface area contributed by atoms with Gasteiger partial charge in [0.1, 0.15) is 10.8 Å². The van der Waals surface area contributed by atoms with Gasteiger partial charge in [-0.15, -0.1) is 11.3 Å². The Bertz CT molecular complexity index is 1320. The van der Waals surface area contributed by atoms with E-state index in [0.29, 0.717) is 27.7 Å². The second-order valence-electron chi connectivity index (χ2n) is 7.49. The molecule has 0 bridgehead atoms. The van der Waals surface area contributed by atoms with E-state index in [1.807, 2.05) is 0 Å². The molecule has 8 nitrogen and oxygen atoms in total. The molecule has 0 amide bonds. The van der Waals surface area contributed by atoms with E-state index in [-0.39, 0.29) is 16.0 Å². The first-order valence-corrected chi connectivity index (χ1v) is 13.1. The predicted octanol–water partition coefficient (Wildman–Crippen LogP) is 4.64. The lowest BCUT2D eigenvalue weighted by atomic mass is 10.1. The first-order valence-electron chi connectivity index (χ1n) is 10.4. The summed E-state index contributed by atoms with van der Waals surface area (Å²) in [4.78, 5) is 13.6. The third kappa shape index (κ3) is 5.16. The zero-order valence-corrected chi connectivity index (χ0v) is 21.0. The number of carbonyl (C=O) groups is 1. The third-order valence-corrected chi connectivity index (χ3v) is 8.11. The molecular formula is C23H23N3O5S3. The number of esters is 1. The summed E-state index contributed by atoms with van der Waals surface area (Å²) in [5.41, 5.74) is 2.60. The lowest BCUT2D eigenvalue weighted by Crippen LogP contribution is -2.20. The van der Waals surface area contributed by atoms with E-state index >= 15 is 0 Å². The summed E-state index contributed by atoms with van der Waals surface area (Å²) in [7, 11) is -0.856. The molecule has 4 rings (SSSR count). The minimum absolute atomic E-state index is 0.107. The highest BCUT2D eigenvalue weighted by Crippen LogP contribution is 2.39. The molecule has 0 spiro atoms. The summed E-state index contributed by atoms with van der Waals surface area (Å²) in [6.07, 6.45) is 2.81. The monoisotopic (exact) mass is 517 g/mol. The van der Waals surface area contributed by atoms with Crippen molar-refractivity contribution in [3.8, 4) is 5.75 Å². The number of hydrogen-bond donors (Lipinski definition) is 3. The number of thiocarbonyl (C=S) groups is 1. The maximum atomic E-state index is 12.7. The van der Waals surface area contributed by atoms with E-state index in [1.54, 1.807) is 43.5 Å². The molecule has 0 aliphatic heterocycles. The van der Waals surface area contributed by atoms with Crippen molar-refractivity contribution in [3.05, 3.63) is 64.5 Å². The maximum absolute atomic E-state index is 12.7. The lowest BCUT2D eigenvalue weighted by Gasteiger charge is -2.12. The average molecular weight is 518 g/mol. The molecule has 0 saturated heterocycles. The van der Waals surface area contributed by atoms with Crippen LogP contribution in [0.4, 0.5) is 16.4 Å². The Morgan fingerprint density at radius 2 is 1.65 bits per heavy atom. The predicted molar refractivity (Wildman–Crippen MR) is 138 cm³/mol. The number of nitrogens with one attached hydrogen (secondary N) is 3. The van der Waals surface area contributed by atoms with Crippen molar-refractivity contribution in [1.82, 2.24) is 0 Å². The molecule has 1 aliphatic rings. The molecule has 11 heteroatoms. The number of aryl methyl sites for hydroxylation is 1. The molecule has 3 aromatic rings. The number of benzene rings is 2. The molecule has 34 heavy (non-hydrogen) atoms. The van der Waals surface area contributed by atoms with Gasteiger partial charge >= 0.3 is 5.97 Å². The zero-order chi connectivity index (χ0) is 24.3. The summed E-state index contributed by atoms with van der Waals surface area (Å²) >= 11 is 6.92. The van der Waals surface area contributed by atoms with Crippen molar-refractivity contribution in [2.75, 3.05) is 29.6 Å². The molecule has 1 aliphatic carbocycles. The van der Waals surface area contributed by atoms with Crippen LogP contribution >= 0.6 is 23.6 Å². The number of rotatable bonds is 7. The van der Waals surface area contributed by atoms with E-state index in [0.717, 1.165) is 24.8 Å². The van der Waals surface area contributed by atoms with Gasteiger partial charge in [0.05, 0.1) is 24.7 Å². The van der Waals surface area contributed by atoms with Crippen molar-refractivity contribution >= 4 is 61.0 Å². The maximum Gasteiger partial charge on any atom is 0.341 e. The largest absolute Gasteiger partial charge is 0.497 e. The minimum atomic E-state index is -3.76. The number of ether oxygens (including phenoxy) is 2. The molecule has 0 atom stereocenters. The molecule has 178 valence electrons. The molecule has 1 heterocycles. The first kappa shape index (κ1) is 24.0. The van der Waals surface area contributed by atoms with Gasteiger partial charge < -0.3 is 20.1 Å². The van der Waals surface area contributed by atoms with Gasteiger partial charge in [0.25, 0.3) is 10.0 Å². The van der Waals surface area contributed by atoms with Crippen LogP contribution < -0.4 is 20.1 Å². The molecular weight excluding hydrogens is 494 g/mol. The Balaban J connectivity index is 1.43. The van der Waals surface area contributed by atoms with Crippen LogP contribution in [0, 0.1) is 0 Å². The second-order valence-corrected chi connectivity index (χ2v) is 10.7. The van der Waals surface area contributed by atoms with Crippen LogP contribution in [0.3, 0.4) is 0 Å². The van der Waals surface area contributed by atoms with Gasteiger partial charge in [-0.25, -0.2) is 13.2 Å². The smallest absolute Gasteiger partial charge is 0.341 e. The highest BCUT2D eigenvalue weighted by Gasteiger charge is 2.27. The highest BCUT2D eigenvalue weighted by molar-refractivity contribution is 7.92. The number of thiophene rings is 1. The second kappa shape index (κ2) is 10.00. The molecule has 2 aromatic carbocycles. The summed E-state index contributed by atoms with van der Waals surface area (Å²) < 4.78 is 37.9. The fourth-order valence-electron chi connectivity index (χ4n) is 3.67. The number of hydrogen-bond acceptors (Lipinski definition) is 7. The molecule has 3 N–H and O–H groups in total. The third-order valence-electron chi connectivity index (χ3n) is 5.30. The standard InChI is InChI=1S/C23H23N3O5S3/c1-30-16-10-6-15(7-11-16)26-34(28,29)17-12-8-14(9-13-17)24-23(32)25-21-20(22(27)31-2)18-4-3-5-19(18)33-21/h6-13,26H,3-5H2,1-2H3,(H2,24,25,32). The summed E-state index contributed by atoms with van der Waals surface area (Å²) in [6, 6.07) is 12.8. The Kier molecular flexibility index (Phi) is 7.05. The fraction of sp³-hybridized carbons (Fsp3) is 0.217. The Morgan fingerprint density at radius 3 is 2.29 bits per heavy atom. The molecule has 1 aromatic heterocycles. The van der Waals surface area contributed by atoms with Crippen LogP contribution in [-0.2, 0) is 27.6 Å². The van der Waals surface area contributed by atoms with Crippen molar-refractivity contribution in [1.29, 1.82) is 0 Å². The number of fused-ring (bicyclic) bond motifs is 1. The van der Waals surface area contributed by atoms with Gasteiger partial charge in [-0.05, 0) is 85.6 Å². The normalized spacial score (nSPS) is 12.5. The van der Waals surface area contributed by atoms with E-state index < -0.39 is 10.0 Å². The van der Waals surface area contributed by atoms with E-state index in [1.165, 1.54) is 35.5 Å². The van der Waals surface area contributed by atoms with Crippen LogP contribution in [0.5, 0.6) is 5.75 Å². The lowest BCUT2D eigenvalue weighted by molar-refractivity contribution is 0.0601. The highest BCUT2D eigenvalue weighted by atomic mass is 32.2. The van der Waals surface area contributed by atoms with Crippen LogP contribution in [0.2, 0.25) is 0 Å². The van der Waals surface area contributed by atoms with Crippen LogP contribution in [-0.4, -0.2) is 33.7 Å². The van der Waals surface area contributed by atoms with Crippen LogP contribution in [0.1, 0.15) is 27.2 Å². The molecule has 0 unspecified atom stereocenters. The number of carbonyl (C=O) groups excluding carboxylic acids is 1. The van der Waals surface area contributed by atoms with Gasteiger partial charge in [0.2, 0.25) is 0 Å². The topological polar surface area (TPSA) is 106 Å². The SMILES string of the molecule is COC(=O)c1c(NC(=S)Nc2ccc(S(=O)(=O)Nc3ccc(OC)cc3)cc2)sc2c1CCC2. The average Bonchev–Trinajstić information content (AvgIpc) is 3.40. The Labute approximate surface area is 207 Å². The Hall–Kier alpha value is -3.15. The van der Waals surface area contributed by atoms with Gasteiger partial charge in [-0.3, -0.25) is 4.72 Å². The molecule has 0 saturated carbocycles. The van der Waals surface area contributed by atoms with Crippen molar-refractivity contribution in [2.24, 2.45) is 0 Å². The molecule has 0 fully saturated rings. The number of methoxy groups -OCH3 is 2. The van der Waals surface area contributed by atoms with Crippen molar-refractivity contribution in [3.63, 3.8) is 0 Å². The zero-order valence-electron chi connectivity index (χ0n) is 18.5. The first-order chi connectivity index (χ1) is 16.3. The number of anilines is 3. The minimum Gasteiger partial charge on any atom is -0.497 e. The van der Waals surface area contributed by atoms with E-state index in [4.69, 9.17) is 21.7 Å². The van der Waals surface area contributed by atoms with Crippen molar-refractivity contribution < 1.29 is 22.7 Å². The van der Waals surface area contributed by atoms with Gasteiger partial charge in [0.15, 0.2) is 5.11 Å². The quantitative estimate of drug-likeness (QED) is 0.307. The molecule has 0 radical (unpaired) electrons. The van der Waals surface area contributed by atoms with Crippen LogP contribution in [0.25, 0.3) is 0 Å². The van der Waals surface area contributed by atoms with Gasteiger partial charge in [0, 0.05) is 16.3 Å². The van der Waals surface area contributed by atoms with E-state index in [9.17, 15) is 13.2 Å². The van der Waals surface area contributed by atoms with Crippen molar-refractivity contribution in [2.45, 2.75) is 24.2 Å². The van der Waals surface area contributed by atoms with Crippen LogP contribution in [0.15, 0.2) is 53.4 Å². The summed E-state index contributed by atoms with van der Waals surface area (Å²) in [5, 5.41) is 7.05. The number of sulfonamides is 1. The summed E-state index contributed by atoms with van der Waals surface area (Å²) in [6.45, 7) is 0. The fourth-order valence-corrected chi connectivity index (χ4v) is 6.29. The van der Waals surface area contributed by atoms with Gasteiger partial charge in [-0.1, -0.05) is 0 Å². The van der Waals surface area contributed by atoms with Gasteiger partial charge in [-0.2, -0.15) is 0 Å². The van der Waals surface area contributed by atoms with E-state index in [2.05, 4.69) is 15.4 Å². The Morgan fingerprint density at radius 1 is 0.971 bits per heavy atom.